The van der Waals surface area contributed by atoms with E-state index in [-0.39, 0.29) is 17.5 Å². The largest absolute Gasteiger partial charge is 0.348 e. The number of carbonyl (C=O) groups excluding carboxylic acids is 2. The molecular formula is C23H19N3O4. The number of non-ortho nitro benzene ring substituents is 1. The Morgan fingerprint density at radius 3 is 2.37 bits per heavy atom. The smallest absolute Gasteiger partial charge is 0.269 e. The third-order valence-electron chi connectivity index (χ3n) is 4.22. The Balaban J connectivity index is 1.58. The maximum absolute atomic E-state index is 12.4. The number of hydrogen-bond acceptors (Lipinski definition) is 4. The van der Waals surface area contributed by atoms with E-state index < -0.39 is 4.92 Å². The zero-order valence-corrected chi connectivity index (χ0v) is 15.9. The molecule has 2 amide bonds. The van der Waals surface area contributed by atoms with Gasteiger partial charge in [-0.1, -0.05) is 36.4 Å². The number of anilines is 1. The number of benzene rings is 3. The predicted molar refractivity (Wildman–Crippen MR) is 115 cm³/mol. The molecule has 0 unspecified atom stereocenters. The van der Waals surface area contributed by atoms with Crippen LogP contribution in [0.5, 0.6) is 0 Å². The van der Waals surface area contributed by atoms with E-state index in [1.54, 1.807) is 42.5 Å². The van der Waals surface area contributed by atoms with Crippen LogP contribution < -0.4 is 10.6 Å². The molecule has 0 spiro atoms. The van der Waals surface area contributed by atoms with Crippen LogP contribution in [0.15, 0.2) is 84.9 Å². The number of nitro groups is 1. The summed E-state index contributed by atoms with van der Waals surface area (Å²) in [5.74, 6) is -0.619. The van der Waals surface area contributed by atoms with Gasteiger partial charge in [0.15, 0.2) is 0 Å². The first-order valence-corrected chi connectivity index (χ1v) is 9.17. The second-order valence-electron chi connectivity index (χ2n) is 6.42. The van der Waals surface area contributed by atoms with Gasteiger partial charge in [0.2, 0.25) is 5.91 Å². The summed E-state index contributed by atoms with van der Waals surface area (Å²) in [5, 5.41) is 16.2. The van der Waals surface area contributed by atoms with E-state index in [4.69, 9.17) is 0 Å². The number of rotatable bonds is 7. The quantitative estimate of drug-likeness (QED) is 0.352. The molecule has 0 atom stereocenters. The Labute approximate surface area is 173 Å². The summed E-state index contributed by atoms with van der Waals surface area (Å²) in [5.41, 5.74) is 2.55. The van der Waals surface area contributed by atoms with E-state index in [1.165, 1.54) is 18.2 Å². The molecule has 7 nitrogen and oxygen atoms in total. The van der Waals surface area contributed by atoms with Crippen molar-refractivity contribution in [1.82, 2.24) is 5.32 Å². The van der Waals surface area contributed by atoms with Gasteiger partial charge in [0.25, 0.3) is 11.6 Å². The van der Waals surface area contributed by atoms with E-state index in [1.807, 2.05) is 30.3 Å². The van der Waals surface area contributed by atoms with Crippen LogP contribution in [0, 0.1) is 10.1 Å². The van der Waals surface area contributed by atoms with Gasteiger partial charge in [-0.25, -0.2) is 0 Å². The van der Waals surface area contributed by atoms with Crippen molar-refractivity contribution in [2.45, 2.75) is 6.54 Å². The zero-order valence-electron chi connectivity index (χ0n) is 15.9. The van der Waals surface area contributed by atoms with Crippen LogP contribution >= 0.6 is 0 Å². The molecule has 0 aliphatic carbocycles. The zero-order chi connectivity index (χ0) is 21.3. The van der Waals surface area contributed by atoms with Gasteiger partial charge >= 0.3 is 0 Å². The number of nitrogens with zero attached hydrogens (tertiary/aromatic N) is 1. The molecule has 3 aromatic carbocycles. The molecule has 0 aliphatic heterocycles. The molecule has 150 valence electrons. The van der Waals surface area contributed by atoms with Crippen molar-refractivity contribution in [3.8, 4) is 0 Å². The van der Waals surface area contributed by atoms with Crippen molar-refractivity contribution >= 4 is 29.3 Å². The Kier molecular flexibility index (Phi) is 6.68. The second-order valence-corrected chi connectivity index (χ2v) is 6.42. The summed E-state index contributed by atoms with van der Waals surface area (Å²) >= 11 is 0. The van der Waals surface area contributed by atoms with Crippen LogP contribution in [0.4, 0.5) is 11.4 Å². The standard InChI is InChI=1S/C23H19N3O4/c27-22(14-11-17-9-12-21(13-10-17)26(29)30)25-20-8-4-7-19(15-20)23(28)24-16-18-5-2-1-3-6-18/h1-15H,16H2,(H,24,28)(H,25,27)/b14-11+. The highest BCUT2D eigenvalue weighted by molar-refractivity contribution is 6.03. The van der Waals surface area contributed by atoms with Crippen molar-refractivity contribution in [3.63, 3.8) is 0 Å². The summed E-state index contributed by atoms with van der Waals surface area (Å²) in [6, 6.07) is 22.1. The molecule has 7 heteroatoms. The van der Waals surface area contributed by atoms with Gasteiger partial charge in [0.05, 0.1) is 4.92 Å². The molecule has 0 aliphatic rings. The van der Waals surface area contributed by atoms with Crippen molar-refractivity contribution in [2.75, 3.05) is 5.32 Å². The fourth-order valence-corrected chi connectivity index (χ4v) is 2.68. The van der Waals surface area contributed by atoms with Crippen LogP contribution in [-0.2, 0) is 11.3 Å². The van der Waals surface area contributed by atoms with Crippen LogP contribution in [0.3, 0.4) is 0 Å². The lowest BCUT2D eigenvalue weighted by Gasteiger charge is -2.07. The first kappa shape index (κ1) is 20.5. The van der Waals surface area contributed by atoms with Crippen LogP contribution in [0.25, 0.3) is 6.08 Å². The molecule has 0 fully saturated rings. The van der Waals surface area contributed by atoms with Gasteiger partial charge in [-0.15, -0.1) is 0 Å². The molecule has 0 aromatic heterocycles. The Hall–Kier alpha value is -4.26. The normalized spacial score (nSPS) is 10.5. The molecule has 2 N–H and O–H groups in total. The average molecular weight is 401 g/mol. The highest BCUT2D eigenvalue weighted by Crippen LogP contribution is 2.14. The third-order valence-corrected chi connectivity index (χ3v) is 4.22. The molecule has 0 saturated carbocycles. The summed E-state index contributed by atoms with van der Waals surface area (Å²) < 4.78 is 0. The Morgan fingerprint density at radius 2 is 1.67 bits per heavy atom. The Morgan fingerprint density at radius 1 is 0.933 bits per heavy atom. The minimum absolute atomic E-state index is 0.0149. The third kappa shape index (κ3) is 5.87. The van der Waals surface area contributed by atoms with Crippen LogP contribution in [0.2, 0.25) is 0 Å². The maximum Gasteiger partial charge on any atom is 0.269 e. The molecule has 3 rings (SSSR count). The average Bonchev–Trinajstić information content (AvgIpc) is 2.77. The van der Waals surface area contributed by atoms with Crippen molar-refractivity contribution in [3.05, 3.63) is 112 Å². The fourth-order valence-electron chi connectivity index (χ4n) is 2.68. The Bertz CT molecular complexity index is 1080. The topological polar surface area (TPSA) is 101 Å². The second kappa shape index (κ2) is 9.79. The van der Waals surface area contributed by atoms with Gasteiger partial charge < -0.3 is 10.6 Å². The van der Waals surface area contributed by atoms with Crippen molar-refractivity contribution in [2.24, 2.45) is 0 Å². The van der Waals surface area contributed by atoms with E-state index in [2.05, 4.69) is 10.6 Å². The number of carbonyl (C=O) groups is 2. The van der Waals surface area contributed by atoms with Crippen molar-refractivity contribution < 1.29 is 14.5 Å². The lowest BCUT2D eigenvalue weighted by Crippen LogP contribution is -2.22. The molecule has 0 saturated heterocycles. The molecule has 0 radical (unpaired) electrons. The van der Waals surface area contributed by atoms with E-state index in [9.17, 15) is 19.7 Å². The number of nitrogens with one attached hydrogen (secondary N) is 2. The first-order chi connectivity index (χ1) is 14.5. The molecule has 0 heterocycles. The molecule has 0 bridgehead atoms. The SMILES string of the molecule is O=C(/C=C/c1ccc([N+](=O)[O-])cc1)Nc1cccc(C(=O)NCc2ccccc2)c1. The van der Waals surface area contributed by atoms with E-state index in [0.29, 0.717) is 23.4 Å². The van der Waals surface area contributed by atoms with Gasteiger partial charge in [-0.3, -0.25) is 19.7 Å². The number of amides is 2. The highest BCUT2D eigenvalue weighted by Gasteiger charge is 2.07. The molecule has 30 heavy (non-hydrogen) atoms. The predicted octanol–water partition coefficient (Wildman–Crippen LogP) is 4.18. The molecular weight excluding hydrogens is 382 g/mol. The summed E-state index contributed by atoms with van der Waals surface area (Å²) in [7, 11) is 0. The first-order valence-electron chi connectivity index (χ1n) is 9.17. The number of hydrogen-bond donors (Lipinski definition) is 2. The fraction of sp³-hybridized carbons (Fsp3) is 0.0435. The monoisotopic (exact) mass is 401 g/mol. The van der Waals surface area contributed by atoms with Crippen LogP contribution in [-0.4, -0.2) is 16.7 Å². The minimum Gasteiger partial charge on any atom is -0.348 e. The summed E-state index contributed by atoms with van der Waals surface area (Å²) in [6.07, 6.45) is 2.87. The van der Waals surface area contributed by atoms with E-state index >= 15 is 0 Å². The van der Waals surface area contributed by atoms with Gasteiger partial charge in [0.1, 0.15) is 0 Å². The maximum atomic E-state index is 12.4. The van der Waals surface area contributed by atoms with E-state index in [0.717, 1.165) is 5.56 Å². The lowest BCUT2D eigenvalue weighted by molar-refractivity contribution is -0.384. The summed E-state index contributed by atoms with van der Waals surface area (Å²) in [6.45, 7) is 0.411. The van der Waals surface area contributed by atoms with Crippen LogP contribution in [0.1, 0.15) is 21.5 Å². The minimum atomic E-state index is -0.483. The highest BCUT2D eigenvalue weighted by atomic mass is 16.6. The summed E-state index contributed by atoms with van der Waals surface area (Å²) in [4.78, 5) is 34.7. The van der Waals surface area contributed by atoms with Gasteiger partial charge in [0, 0.05) is 36.0 Å². The molecule has 3 aromatic rings. The van der Waals surface area contributed by atoms with Crippen molar-refractivity contribution in [1.29, 1.82) is 0 Å². The number of nitro benzene ring substituents is 1. The lowest BCUT2D eigenvalue weighted by atomic mass is 10.1. The van der Waals surface area contributed by atoms with Gasteiger partial charge in [-0.05, 0) is 47.5 Å². The van der Waals surface area contributed by atoms with Gasteiger partial charge in [-0.2, -0.15) is 0 Å².